The predicted molar refractivity (Wildman–Crippen MR) is 49.5 cm³/mol. The van der Waals surface area contributed by atoms with E-state index in [2.05, 4.69) is 0 Å². The van der Waals surface area contributed by atoms with Crippen molar-refractivity contribution in [3.8, 4) is 0 Å². The van der Waals surface area contributed by atoms with Gasteiger partial charge in [0.15, 0.2) is 0 Å². The fraction of sp³-hybridized carbons (Fsp3) is 0.833. The first-order valence-electron chi connectivity index (χ1n) is 4.04. The predicted octanol–water partition coefficient (Wildman–Crippen LogP) is -0.969. The van der Waals surface area contributed by atoms with Gasteiger partial charge >= 0.3 is 13.6 Å². The quantitative estimate of drug-likeness (QED) is 0.366. The highest BCUT2D eigenvalue weighted by molar-refractivity contribution is 7.52. The third-order valence-electron chi connectivity index (χ3n) is 1.76. The molecular formula is C6H15N2O5P. The molecule has 0 fully saturated rings. The van der Waals surface area contributed by atoms with Gasteiger partial charge in [0.25, 0.3) is 0 Å². The van der Waals surface area contributed by atoms with Crippen LogP contribution in [0.3, 0.4) is 0 Å². The van der Waals surface area contributed by atoms with Gasteiger partial charge in [-0.15, -0.1) is 0 Å². The molecule has 0 heterocycles. The molecule has 0 aromatic heterocycles. The summed E-state index contributed by atoms with van der Waals surface area (Å²) in [5.74, 6) is -2.36. The summed E-state index contributed by atoms with van der Waals surface area (Å²) in [6, 6.07) is -1.00. The molecule has 0 rings (SSSR count). The van der Waals surface area contributed by atoms with Crippen LogP contribution in [-0.2, 0) is 9.36 Å². The SMILES string of the molecule is N[C@H](CCC[C@@H](N)P(=O)(O)O)C(=O)O. The van der Waals surface area contributed by atoms with Gasteiger partial charge in [0.05, 0.1) is 0 Å². The number of carboxylic acid groups (broad SMARTS) is 1. The number of aliphatic carboxylic acids is 1. The fourth-order valence-corrected chi connectivity index (χ4v) is 1.36. The molecule has 0 saturated carbocycles. The third-order valence-corrected chi connectivity index (χ3v) is 2.89. The zero-order chi connectivity index (χ0) is 11.4. The number of carbonyl (C=O) groups is 1. The summed E-state index contributed by atoms with van der Waals surface area (Å²) in [6.45, 7) is 0. The Bertz CT molecular complexity index is 240. The Morgan fingerprint density at radius 2 is 1.79 bits per heavy atom. The van der Waals surface area contributed by atoms with E-state index in [4.69, 9.17) is 26.4 Å². The maximum absolute atomic E-state index is 10.6. The van der Waals surface area contributed by atoms with Crippen molar-refractivity contribution in [2.45, 2.75) is 31.1 Å². The first-order chi connectivity index (χ1) is 6.25. The average Bonchev–Trinajstić information content (AvgIpc) is 2.01. The van der Waals surface area contributed by atoms with Crippen LogP contribution in [-0.4, -0.2) is 32.7 Å². The Hall–Kier alpha value is -0.460. The van der Waals surface area contributed by atoms with Crippen molar-refractivity contribution in [3.63, 3.8) is 0 Å². The van der Waals surface area contributed by atoms with Crippen molar-refractivity contribution in [2.24, 2.45) is 11.5 Å². The molecule has 8 heteroatoms. The van der Waals surface area contributed by atoms with Crippen molar-refractivity contribution >= 4 is 13.6 Å². The van der Waals surface area contributed by atoms with Crippen LogP contribution in [0.25, 0.3) is 0 Å². The maximum Gasteiger partial charge on any atom is 0.342 e. The molecule has 0 aliphatic carbocycles. The summed E-state index contributed by atoms with van der Waals surface area (Å²) in [4.78, 5) is 27.5. The van der Waals surface area contributed by atoms with Crippen LogP contribution in [0.4, 0.5) is 0 Å². The van der Waals surface area contributed by atoms with Gasteiger partial charge in [-0.25, -0.2) is 0 Å². The van der Waals surface area contributed by atoms with Gasteiger partial charge in [-0.05, 0) is 19.3 Å². The van der Waals surface area contributed by atoms with Crippen LogP contribution in [0.15, 0.2) is 0 Å². The molecule has 0 aliphatic heterocycles. The first-order valence-corrected chi connectivity index (χ1v) is 5.72. The molecule has 0 saturated heterocycles. The molecule has 84 valence electrons. The Morgan fingerprint density at radius 1 is 1.29 bits per heavy atom. The summed E-state index contributed by atoms with van der Waals surface area (Å²) in [6.07, 6.45) is 0.494. The zero-order valence-corrected chi connectivity index (χ0v) is 8.43. The minimum Gasteiger partial charge on any atom is -0.480 e. The molecule has 0 radical (unpaired) electrons. The molecule has 7 nitrogen and oxygen atoms in total. The number of nitrogens with two attached hydrogens (primary N) is 2. The summed E-state index contributed by atoms with van der Waals surface area (Å²) in [7, 11) is -4.25. The van der Waals surface area contributed by atoms with Crippen LogP contribution in [0.2, 0.25) is 0 Å². The lowest BCUT2D eigenvalue weighted by molar-refractivity contribution is -0.138. The van der Waals surface area contributed by atoms with Gasteiger partial charge in [0, 0.05) is 0 Å². The highest BCUT2D eigenvalue weighted by Crippen LogP contribution is 2.40. The molecule has 0 aromatic carbocycles. The normalized spacial score (nSPS) is 16.3. The molecule has 0 amide bonds. The fourth-order valence-electron chi connectivity index (χ4n) is 0.839. The van der Waals surface area contributed by atoms with E-state index in [-0.39, 0.29) is 19.3 Å². The lowest BCUT2D eigenvalue weighted by atomic mass is 10.1. The van der Waals surface area contributed by atoms with Gasteiger partial charge in [-0.1, -0.05) is 0 Å². The van der Waals surface area contributed by atoms with Crippen molar-refractivity contribution in [1.82, 2.24) is 0 Å². The molecule has 0 spiro atoms. The van der Waals surface area contributed by atoms with E-state index in [1.807, 2.05) is 0 Å². The summed E-state index contributed by atoms with van der Waals surface area (Å²) in [5.41, 5.74) is 10.3. The van der Waals surface area contributed by atoms with Crippen LogP contribution in [0.1, 0.15) is 19.3 Å². The highest BCUT2D eigenvalue weighted by atomic mass is 31.2. The van der Waals surface area contributed by atoms with Crippen LogP contribution in [0, 0.1) is 0 Å². The van der Waals surface area contributed by atoms with Crippen molar-refractivity contribution in [3.05, 3.63) is 0 Å². The van der Waals surface area contributed by atoms with E-state index in [1.165, 1.54) is 0 Å². The highest BCUT2D eigenvalue weighted by Gasteiger charge is 2.24. The summed E-state index contributed by atoms with van der Waals surface area (Å²) < 4.78 is 10.6. The lowest BCUT2D eigenvalue weighted by Crippen LogP contribution is -2.30. The smallest absolute Gasteiger partial charge is 0.342 e. The monoisotopic (exact) mass is 226 g/mol. The zero-order valence-electron chi connectivity index (χ0n) is 7.54. The second-order valence-electron chi connectivity index (χ2n) is 3.03. The van der Waals surface area contributed by atoms with E-state index >= 15 is 0 Å². The van der Waals surface area contributed by atoms with Crippen LogP contribution >= 0.6 is 7.60 Å². The standard InChI is InChI=1S/C6H15N2O5P/c7-4(6(9)10)2-1-3-5(8)14(11,12)13/h4-5H,1-3,7-8H2,(H,9,10)(H2,11,12,13)/t4-,5+/m1/s1. The molecule has 0 bridgehead atoms. The van der Waals surface area contributed by atoms with Crippen molar-refractivity contribution < 1.29 is 24.3 Å². The Morgan fingerprint density at radius 3 is 2.14 bits per heavy atom. The number of hydrogen-bond donors (Lipinski definition) is 5. The Kier molecular flexibility index (Phi) is 5.25. The molecule has 0 aliphatic rings. The van der Waals surface area contributed by atoms with Crippen molar-refractivity contribution in [2.75, 3.05) is 0 Å². The molecule has 14 heavy (non-hydrogen) atoms. The van der Waals surface area contributed by atoms with Crippen LogP contribution in [0.5, 0.6) is 0 Å². The summed E-state index contributed by atoms with van der Waals surface area (Å²) in [5, 5.41) is 8.40. The minimum absolute atomic E-state index is 0.0608. The van der Waals surface area contributed by atoms with E-state index in [9.17, 15) is 9.36 Å². The maximum atomic E-state index is 10.6. The van der Waals surface area contributed by atoms with Gasteiger partial charge in [0.2, 0.25) is 0 Å². The number of rotatable bonds is 6. The Labute approximate surface area is 81.3 Å². The van der Waals surface area contributed by atoms with Crippen LogP contribution < -0.4 is 11.5 Å². The largest absolute Gasteiger partial charge is 0.480 e. The lowest BCUT2D eigenvalue weighted by Gasteiger charge is -2.13. The molecule has 0 unspecified atom stereocenters. The number of hydrogen-bond acceptors (Lipinski definition) is 4. The van der Waals surface area contributed by atoms with E-state index in [0.717, 1.165) is 0 Å². The Balaban J connectivity index is 3.76. The summed E-state index contributed by atoms with van der Waals surface area (Å²) >= 11 is 0. The van der Waals surface area contributed by atoms with E-state index in [1.54, 1.807) is 0 Å². The molecular weight excluding hydrogens is 211 g/mol. The number of carboxylic acids is 1. The molecule has 2 atom stereocenters. The molecule has 7 N–H and O–H groups in total. The van der Waals surface area contributed by atoms with Gasteiger partial charge < -0.3 is 26.4 Å². The van der Waals surface area contributed by atoms with Crippen molar-refractivity contribution in [1.29, 1.82) is 0 Å². The third kappa shape index (κ3) is 5.31. The topological polar surface area (TPSA) is 147 Å². The molecule has 0 aromatic rings. The minimum atomic E-state index is -4.25. The van der Waals surface area contributed by atoms with E-state index in [0.29, 0.717) is 0 Å². The second-order valence-corrected chi connectivity index (χ2v) is 4.87. The van der Waals surface area contributed by atoms with E-state index < -0.39 is 25.4 Å². The van der Waals surface area contributed by atoms with Gasteiger partial charge in [-0.2, -0.15) is 0 Å². The van der Waals surface area contributed by atoms with Gasteiger partial charge in [0.1, 0.15) is 11.8 Å². The second kappa shape index (κ2) is 5.43. The van der Waals surface area contributed by atoms with Gasteiger partial charge in [-0.3, -0.25) is 9.36 Å². The average molecular weight is 226 g/mol. The first kappa shape index (κ1) is 13.5.